The molecule has 2 aromatic rings. The number of fused-ring (bicyclic) bond motifs is 4. The number of hydrogen-bond donors (Lipinski definition) is 1. The predicted molar refractivity (Wildman–Crippen MR) is 158 cm³/mol. The van der Waals surface area contributed by atoms with E-state index in [0.29, 0.717) is 55.3 Å². The van der Waals surface area contributed by atoms with Gasteiger partial charge < -0.3 is 14.8 Å². The number of esters is 1. The van der Waals surface area contributed by atoms with Gasteiger partial charge in [-0.15, -0.1) is 0 Å². The van der Waals surface area contributed by atoms with Crippen LogP contribution in [-0.2, 0) is 14.3 Å². The van der Waals surface area contributed by atoms with Crippen molar-refractivity contribution in [3.63, 3.8) is 0 Å². The molecule has 0 saturated heterocycles. The van der Waals surface area contributed by atoms with Crippen molar-refractivity contribution < 1.29 is 45.8 Å². The Morgan fingerprint density at radius 3 is 2.22 bits per heavy atom. The summed E-state index contributed by atoms with van der Waals surface area (Å²) in [6, 6.07) is 13.1. The van der Waals surface area contributed by atoms with Crippen LogP contribution in [0.4, 0.5) is 27.6 Å². The van der Waals surface area contributed by atoms with Gasteiger partial charge in [-0.1, -0.05) is 24.6 Å². The largest absolute Gasteiger partial charge is 0.482 e. The third-order valence-electron chi connectivity index (χ3n) is 10.4. The molecule has 0 spiro atoms. The highest BCUT2D eigenvalue weighted by Gasteiger charge is 2.65. The first-order valence-corrected chi connectivity index (χ1v) is 15.4. The minimum atomic E-state index is -5.82. The lowest BCUT2D eigenvalue weighted by atomic mass is 9.53. The van der Waals surface area contributed by atoms with E-state index in [0.717, 1.165) is 22.3 Å². The Kier molecular flexibility index (Phi) is 8.19. The van der Waals surface area contributed by atoms with Crippen molar-refractivity contribution in [3.8, 4) is 0 Å². The summed E-state index contributed by atoms with van der Waals surface area (Å²) in [5.41, 5.74) is 4.25. The molecule has 5 unspecified atom stereocenters. The highest BCUT2D eigenvalue weighted by atomic mass is 19.4. The number of carbonyl (C=O) groups excluding carboxylic acids is 3. The second kappa shape index (κ2) is 11.7. The number of ketones is 1. The molecule has 5 atom stereocenters. The van der Waals surface area contributed by atoms with Crippen LogP contribution in [0.15, 0.2) is 71.3 Å². The number of halogens is 5. The number of rotatable bonds is 6. The van der Waals surface area contributed by atoms with Crippen LogP contribution >= 0.6 is 0 Å². The van der Waals surface area contributed by atoms with Crippen molar-refractivity contribution in [2.45, 2.75) is 76.2 Å². The molecule has 0 aromatic heterocycles. The van der Waals surface area contributed by atoms with E-state index in [1.165, 1.54) is 19.2 Å². The Morgan fingerprint density at radius 2 is 1.57 bits per heavy atom. The van der Waals surface area contributed by atoms with Gasteiger partial charge in [-0.25, -0.2) is 4.79 Å². The van der Waals surface area contributed by atoms with Gasteiger partial charge in [0.2, 0.25) is 0 Å². The van der Waals surface area contributed by atoms with E-state index >= 15 is 0 Å². The van der Waals surface area contributed by atoms with Crippen LogP contribution in [0.2, 0.25) is 0 Å². The molecule has 0 radical (unpaired) electrons. The van der Waals surface area contributed by atoms with Crippen molar-refractivity contribution in [1.29, 1.82) is 0 Å². The Balaban J connectivity index is 1.31. The Labute approximate surface area is 263 Å². The number of carbonyl (C=O) groups is 3. The van der Waals surface area contributed by atoms with E-state index in [4.69, 9.17) is 4.74 Å². The molecule has 6 nitrogen and oxygen atoms in total. The Hall–Kier alpha value is -3.86. The number of allylic oxidation sites excluding steroid dienone is 4. The molecule has 1 amide bonds. The molecule has 46 heavy (non-hydrogen) atoms. The number of amides is 1. The monoisotopic (exact) mass is 643 g/mol. The summed E-state index contributed by atoms with van der Waals surface area (Å²) in [5.74, 6) is -1.33. The van der Waals surface area contributed by atoms with Crippen molar-refractivity contribution in [2.24, 2.45) is 17.3 Å². The van der Waals surface area contributed by atoms with Crippen molar-refractivity contribution in [1.82, 2.24) is 0 Å². The fourth-order valence-electron chi connectivity index (χ4n) is 8.23. The Morgan fingerprint density at radius 1 is 0.891 bits per heavy atom. The van der Waals surface area contributed by atoms with Gasteiger partial charge in [0.05, 0.1) is 18.8 Å². The molecule has 0 heterocycles. The van der Waals surface area contributed by atoms with Gasteiger partial charge in [0.1, 0.15) is 0 Å². The number of benzene rings is 2. The second-order valence-electron chi connectivity index (χ2n) is 12.9. The van der Waals surface area contributed by atoms with Crippen LogP contribution in [0.3, 0.4) is 0 Å². The van der Waals surface area contributed by atoms with E-state index in [1.807, 2.05) is 0 Å². The standard InChI is InChI=1S/C35H34F5NO5/c1-33-18-27(19-3-5-20(6-4-19)31(43)41-23-10-7-21(8-11-23)32(44)45-2)30-25-14-12-24(42)17-22(25)9-13-26(30)28(33)15-16-29(33)46-35(39,40)34(36,37)38/h3-8,10-11,17,26-29H,9,12-16,18H2,1-2H3,(H,41,43). The highest BCUT2D eigenvalue weighted by molar-refractivity contribution is 6.04. The molecule has 4 aliphatic rings. The highest BCUT2D eigenvalue weighted by Crippen LogP contribution is 2.65. The normalized spacial score (nSPS) is 27.7. The minimum absolute atomic E-state index is 0.0480. The SMILES string of the molecule is COC(=O)c1ccc(NC(=O)c2ccc(C3CC4(C)C(OC(F)(F)C(F)(F)F)CCC4C4CCC5=CC(=O)CCC5=C34)cc2)cc1. The van der Waals surface area contributed by atoms with Crippen LogP contribution in [0.25, 0.3) is 0 Å². The lowest BCUT2D eigenvalue weighted by molar-refractivity contribution is -0.408. The summed E-state index contributed by atoms with van der Waals surface area (Å²) >= 11 is 0. The van der Waals surface area contributed by atoms with Crippen LogP contribution in [-0.4, -0.2) is 43.2 Å². The number of methoxy groups -OCH3 is 1. The average molecular weight is 644 g/mol. The summed E-state index contributed by atoms with van der Waals surface area (Å²) in [4.78, 5) is 37.0. The van der Waals surface area contributed by atoms with E-state index < -0.39 is 29.8 Å². The van der Waals surface area contributed by atoms with Crippen LogP contribution in [0.5, 0.6) is 0 Å². The topological polar surface area (TPSA) is 81.7 Å². The number of hydrogen-bond acceptors (Lipinski definition) is 5. The zero-order chi connectivity index (χ0) is 33.0. The van der Waals surface area contributed by atoms with E-state index in [2.05, 4.69) is 10.1 Å². The summed E-state index contributed by atoms with van der Waals surface area (Å²) in [5, 5.41) is 2.78. The van der Waals surface area contributed by atoms with Gasteiger partial charge in [-0.2, -0.15) is 22.0 Å². The lowest BCUT2D eigenvalue weighted by Gasteiger charge is -2.52. The first-order valence-electron chi connectivity index (χ1n) is 15.4. The molecule has 2 saturated carbocycles. The molecule has 2 fully saturated rings. The summed E-state index contributed by atoms with van der Waals surface area (Å²) in [7, 11) is 1.28. The number of alkyl halides is 5. The molecular weight excluding hydrogens is 609 g/mol. The smallest absolute Gasteiger partial charge is 0.465 e. The molecular formula is C35H34F5NO5. The van der Waals surface area contributed by atoms with Crippen molar-refractivity contribution in [3.05, 3.63) is 88.0 Å². The van der Waals surface area contributed by atoms with Gasteiger partial charge in [0.25, 0.3) is 5.91 Å². The van der Waals surface area contributed by atoms with E-state index in [-0.39, 0.29) is 35.9 Å². The second-order valence-corrected chi connectivity index (χ2v) is 12.9. The van der Waals surface area contributed by atoms with E-state index in [9.17, 15) is 36.3 Å². The quantitative estimate of drug-likeness (QED) is 0.254. The average Bonchev–Trinajstić information content (AvgIpc) is 3.34. The Bertz CT molecular complexity index is 1610. The minimum Gasteiger partial charge on any atom is -0.465 e. The van der Waals surface area contributed by atoms with Gasteiger partial charge in [0, 0.05) is 23.6 Å². The third kappa shape index (κ3) is 5.67. The van der Waals surface area contributed by atoms with Crippen LogP contribution in [0, 0.1) is 17.3 Å². The fraction of sp³-hybridized carbons (Fsp3) is 0.457. The maximum Gasteiger partial charge on any atom is 0.482 e. The van der Waals surface area contributed by atoms with Gasteiger partial charge >= 0.3 is 18.3 Å². The third-order valence-corrected chi connectivity index (χ3v) is 10.4. The molecule has 244 valence electrons. The zero-order valence-corrected chi connectivity index (χ0v) is 25.4. The molecule has 6 rings (SSSR count). The molecule has 0 aliphatic heterocycles. The molecule has 4 aliphatic carbocycles. The molecule has 11 heteroatoms. The first kappa shape index (κ1) is 32.1. The van der Waals surface area contributed by atoms with Crippen LogP contribution < -0.4 is 5.32 Å². The van der Waals surface area contributed by atoms with Crippen molar-refractivity contribution in [2.75, 3.05) is 12.4 Å². The summed E-state index contributed by atoms with van der Waals surface area (Å²) in [6.07, 6.45) is -7.54. The maximum atomic E-state index is 14.2. The lowest BCUT2D eigenvalue weighted by Crippen LogP contribution is -2.50. The molecule has 2 aromatic carbocycles. The predicted octanol–water partition coefficient (Wildman–Crippen LogP) is 8.17. The van der Waals surface area contributed by atoms with E-state index in [1.54, 1.807) is 49.4 Å². The number of nitrogens with one attached hydrogen (secondary N) is 1. The summed E-state index contributed by atoms with van der Waals surface area (Å²) in [6.45, 7) is 1.78. The molecule has 0 bridgehead atoms. The maximum absolute atomic E-state index is 14.2. The first-order chi connectivity index (χ1) is 21.7. The number of anilines is 1. The van der Waals surface area contributed by atoms with Crippen LogP contribution in [0.1, 0.15) is 84.1 Å². The van der Waals surface area contributed by atoms with Gasteiger partial charge in [-0.05, 0) is 115 Å². The number of ether oxygens (including phenoxy) is 2. The van der Waals surface area contributed by atoms with Gasteiger partial charge in [0.15, 0.2) is 5.78 Å². The molecule has 1 N–H and O–H groups in total. The summed E-state index contributed by atoms with van der Waals surface area (Å²) < 4.78 is 77.4. The van der Waals surface area contributed by atoms with Crippen molar-refractivity contribution >= 4 is 23.3 Å². The van der Waals surface area contributed by atoms with Gasteiger partial charge in [-0.3, -0.25) is 9.59 Å². The fourth-order valence-corrected chi connectivity index (χ4v) is 8.23. The zero-order valence-electron chi connectivity index (χ0n) is 25.4.